The van der Waals surface area contributed by atoms with Gasteiger partial charge < -0.3 is 5.32 Å². The summed E-state index contributed by atoms with van der Waals surface area (Å²) < 4.78 is 26.6. The Morgan fingerprint density at radius 2 is 1.87 bits per heavy atom. The first-order chi connectivity index (χ1) is 14.4. The van der Waals surface area contributed by atoms with Crippen LogP contribution < -0.4 is 5.32 Å². The highest BCUT2D eigenvalue weighted by Gasteiger charge is 2.39. The molecule has 2 heterocycles. The van der Waals surface area contributed by atoms with Crippen molar-refractivity contribution in [2.24, 2.45) is 0 Å². The SMILES string of the molecule is CCCS(=O)(=O)N1CCC(CNC(=O)c2cccnc2SC)(c2ccccc2)CC1. The summed E-state index contributed by atoms with van der Waals surface area (Å²) in [6.07, 6.45) is 5.53. The molecular weight excluding hydrogens is 418 g/mol. The number of aromatic nitrogens is 1. The van der Waals surface area contributed by atoms with Gasteiger partial charge in [0, 0.05) is 31.2 Å². The van der Waals surface area contributed by atoms with E-state index in [2.05, 4.69) is 22.4 Å². The fraction of sp³-hybridized carbons (Fsp3) is 0.455. The average Bonchev–Trinajstić information content (AvgIpc) is 2.78. The van der Waals surface area contributed by atoms with Crippen molar-refractivity contribution in [2.45, 2.75) is 36.6 Å². The van der Waals surface area contributed by atoms with Gasteiger partial charge in [0.2, 0.25) is 10.0 Å². The second-order valence-corrected chi connectivity index (χ2v) is 10.5. The fourth-order valence-electron chi connectivity index (χ4n) is 4.01. The minimum atomic E-state index is -3.21. The largest absolute Gasteiger partial charge is 0.351 e. The molecule has 1 aliphatic rings. The highest BCUT2D eigenvalue weighted by molar-refractivity contribution is 7.98. The standard InChI is InChI=1S/C22H29N3O3S2/c1-3-16-30(27,28)25-14-11-22(12-15-25,18-8-5-4-6-9-18)17-24-20(26)19-10-7-13-23-21(19)29-2/h4-10,13H,3,11-12,14-17H2,1-2H3,(H,24,26). The molecule has 8 heteroatoms. The zero-order valence-corrected chi connectivity index (χ0v) is 19.1. The third-order valence-corrected chi connectivity index (χ3v) is 8.51. The molecule has 0 radical (unpaired) electrons. The maximum Gasteiger partial charge on any atom is 0.254 e. The van der Waals surface area contributed by atoms with E-state index in [0.29, 0.717) is 49.5 Å². The van der Waals surface area contributed by atoms with Crippen LogP contribution in [0.1, 0.15) is 42.1 Å². The molecule has 1 N–H and O–H groups in total. The van der Waals surface area contributed by atoms with E-state index in [0.717, 1.165) is 5.56 Å². The molecule has 2 aromatic rings. The molecule has 1 fully saturated rings. The average molecular weight is 448 g/mol. The monoisotopic (exact) mass is 447 g/mol. The number of hydrogen-bond acceptors (Lipinski definition) is 5. The Morgan fingerprint density at radius 3 is 2.50 bits per heavy atom. The van der Waals surface area contributed by atoms with Crippen LogP contribution in [0.3, 0.4) is 0 Å². The Morgan fingerprint density at radius 1 is 1.17 bits per heavy atom. The second kappa shape index (κ2) is 9.94. The molecular formula is C22H29N3O3S2. The van der Waals surface area contributed by atoms with Gasteiger partial charge in [-0.25, -0.2) is 17.7 Å². The zero-order valence-electron chi connectivity index (χ0n) is 17.5. The van der Waals surface area contributed by atoms with Crippen LogP contribution in [0.2, 0.25) is 0 Å². The molecule has 1 saturated heterocycles. The number of pyridine rings is 1. The minimum absolute atomic E-state index is 0.149. The summed E-state index contributed by atoms with van der Waals surface area (Å²) in [6.45, 7) is 3.28. The van der Waals surface area contributed by atoms with E-state index in [1.165, 1.54) is 11.8 Å². The number of sulfonamides is 1. The lowest BCUT2D eigenvalue weighted by Gasteiger charge is -2.42. The predicted molar refractivity (Wildman–Crippen MR) is 121 cm³/mol. The lowest BCUT2D eigenvalue weighted by Crippen LogP contribution is -2.50. The number of hydrogen-bond donors (Lipinski definition) is 1. The molecule has 0 saturated carbocycles. The van der Waals surface area contributed by atoms with Crippen LogP contribution in [0.25, 0.3) is 0 Å². The van der Waals surface area contributed by atoms with E-state index < -0.39 is 10.0 Å². The van der Waals surface area contributed by atoms with Crippen LogP contribution in [0.15, 0.2) is 53.7 Å². The summed E-state index contributed by atoms with van der Waals surface area (Å²) >= 11 is 1.44. The molecule has 162 valence electrons. The number of piperidine rings is 1. The molecule has 30 heavy (non-hydrogen) atoms. The number of amides is 1. The summed E-state index contributed by atoms with van der Waals surface area (Å²) in [6, 6.07) is 13.6. The molecule has 1 aliphatic heterocycles. The molecule has 6 nitrogen and oxygen atoms in total. The second-order valence-electron chi connectivity index (χ2n) is 7.60. The Hall–Kier alpha value is -1.90. The van der Waals surface area contributed by atoms with E-state index in [1.54, 1.807) is 22.6 Å². The number of thioether (sulfide) groups is 1. The van der Waals surface area contributed by atoms with Gasteiger partial charge >= 0.3 is 0 Å². The number of nitrogens with one attached hydrogen (secondary N) is 1. The first-order valence-corrected chi connectivity index (χ1v) is 13.1. The molecule has 1 aromatic carbocycles. The normalized spacial score (nSPS) is 16.9. The van der Waals surface area contributed by atoms with Crippen molar-refractivity contribution in [3.8, 4) is 0 Å². The Kier molecular flexibility index (Phi) is 7.55. The third-order valence-electron chi connectivity index (χ3n) is 5.72. The van der Waals surface area contributed by atoms with E-state index >= 15 is 0 Å². The minimum Gasteiger partial charge on any atom is -0.351 e. The van der Waals surface area contributed by atoms with Crippen LogP contribution in [0.4, 0.5) is 0 Å². The summed E-state index contributed by atoms with van der Waals surface area (Å²) in [5, 5.41) is 3.80. The van der Waals surface area contributed by atoms with Crippen molar-refractivity contribution in [2.75, 3.05) is 31.6 Å². The van der Waals surface area contributed by atoms with Gasteiger partial charge in [0.25, 0.3) is 5.91 Å². The van der Waals surface area contributed by atoms with Crippen LogP contribution in [-0.4, -0.2) is 55.3 Å². The number of rotatable bonds is 8. The topological polar surface area (TPSA) is 79.4 Å². The summed E-state index contributed by atoms with van der Waals surface area (Å²) in [5.74, 6) is 0.0318. The molecule has 0 aliphatic carbocycles. The lowest BCUT2D eigenvalue weighted by molar-refractivity contribution is 0.0929. The molecule has 0 spiro atoms. The lowest BCUT2D eigenvalue weighted by atomic mass is 9.73. The molecule has 0 unspecified atom stereocenters. The van der Waals surface area contributed by atoms with Crippen LogP contribution in [-0.2, 0) is 15.4 Å². The smallest absolute Gasteiger partial charge is 0.254 e. The van der Waals surface area contributed by atoms with E-state index in [-0.39, 0.29) is 17.1 Å². The summed E-state index contributed by atoms with van der Waals surface area (Å²) in [5.41, 5.74) is 1.40. The number of carbonyl (C=O) groups excluding carboxylic acids is 1. The number of carbonyl (C=O) groups is 1. The van der Waals surface area contributed by atoms with Gasteiger partial charge in [-0.1, -0.05) is 37.3 Å². The van der Waals surface area contributed by atoms with Gasteiger partial charge in [-0.3, -0.25) is 4.79 Å². The van der Waals surface area contributed by atoms with Crippen LogP contribution in [0.5, 0.6) is 0 Å². The van der Waals surface area contributed by atoms with Gasteiger partial charge in [-0.2, -0.15) is 0 Å². The van der Waals surface area contributed by atoms with Crippen molar-refractivity contribution in [3.05, 3.63) is 59.8 Å². The third kappa shape index (κ3) is 5.04. The molecule has 3 rings (SSSR count). The van der Waals surface area contributed by atoms with Gasteiger partial charge in [0.15, 0.2) is 0 Å². The maximum absolute atomic E-state index is 12.9. The van der Waals surface area contributed by atoms with Crippen molar-refractivity contribution < 1.29 is 13.2 Å². The first-order valence-electron chi connectivity index (χ1n) is 10.2. The fourth-order valence-corrected chi connectivity index (χ4v) is 6.07. The van der Waals surface area contributed by atoms with Crippen molar-refractivity contribution >= 4 is 27.7 Å². The maximum atomic E-state index is 12.9. The summed E-state index contributed by atoms with van der Waals surface area (Å²) in [7, 11) is -3.21. The summed E-state index contributed by atoms with van der Waals surface area (Å²) in [4.78, 5) is 17.2. The van der Waals surface area contributed by atoms with Gasteiger partial charge in [0.1, 0.15) is 5.03 Å². The predicted octanol–water partition coefficient (Wildman–Crippen LogP) is 3.31. The van der Waals surface area contributed by atoms with Crippen molar-refractivity contribution in [1.29, 1.82) is 0 Å². The molecule has 0 atom stereocenters. The number of benzene rings is 1. The van der Waals surface area contributed by atoms with E-state index in [9.17, 15) is 13.2 Å². The zero-order chi connectivity index (χ0) is 21.6. The van der Waals surface area contributed by atoms with Gasteiger partial charge in [0.05, 0.1) is 11.3 Å². The first kappa shape index (κ1) is 22.8. The Labute approximate surface area is 183 Å². The highest BCUT2D eigenvalue weighted by atomic mass is 32.2. The van der Waals surface area contributed by atoms with Gasteiger partial charge in [-0.15, -0.1) is 11.8 Å². The van der Waals surface area contributed by atoms with E-state index in [1.807, 2.05) is 31.4 Å². The van der Waals surface area contributed by atoms with E-state index in [4.69, 9.17) is 0 Å². The van der Waals surface area contributed by atoms with Gasteiger partial charge in [-0.05, 0) is 43.2 Å². The molecule has 0 bridgehead atoms. The van der Waals surface area contributed by atoms with Crippen molar-refractivity contribution in [3.63, 3.8) is 0 Å². The Bertz CT molecular complexity index is 957. The van der Waals surface area contributed by atoms with Crippen LogP contribution >= 0.6 is 11.8 Å². The number of nitrogens with zero attached hydrogens (tertiary/aromatic N) is 2. The quantitative estimate of drug-likeness (QED) is 0.628. The highest BCUT2D eigenvalue weighted by Crippen LogP contribution is 2.36. The molecule has 1 amide bonds. The van der Waals surface area contributed by atoms with Crippen LogP contribution in [0, 0.1) is 0 Å². The molecule has 1 aromatic heterocycles. The van der Waals surface area contributed by atoms with Crippen molar-refractivity contribution in [1.82, 2.24) is 14.6 Å². The Balaban J connectivity index is 1.79.